The number of halogens is 1. The van der Waals surface area contributed by atoms with Gasteiger partial charge >= 0.3 is 0 Å². The largest absolute Gasteiger partial charge is 0.347 e. The van der Waals surface area contributed by atoms with Gasteiger partial charge in [0.1, 0.15) is 5.69 Å². The van der Waals surface area contributed by atoms with Crippen LogP contribution in [0.25, 0.3) is 0 Å². The molecule has 6 heteroatoms. The summed E-state index contributed by atoms with van der Waals surface area (Å²) >= 11 is 5.85. The summed E-state index contributed by atoms with van der Waals surface area (Å²) in [6.07, 6.45) is 1.46. The van der Waals surface area contributed by atoms with Gasteiger partial charge in [0.25, 0.3) is 11.8 Å². The monoisotopic (exact) mass is 379 g/mol. The van der Waals surface area contributed by atoms with E-state index in [4.69, 9.17) is 11.6 Å². The van der Waals surface area contributed by atoms with Crippen LogP contribution in [0, 0.1) is 0 Å². The molecule has 0 aliphatic rings. The number of anilines is 1. The molecule has 3 rings (SSSR count). The second-order valence-electron chi connectivity index (χ2n) is 5.94. The third-order valence-corrected chi connectivity index (χ3v) is 4.31. The summed E-state index contributed by atoms with van der Waals surface area (Å²) < 4.78 is 0. The number of benzene rings is 2. The molecule has 136 valence electrons. The van der Waals surface area contributed by atoms with Crippen LogP contribution in [0.3, 0.4) is 0 Å². The van der Waals surface area contributed by atoms with Crippen LogP contribution in [0.1, 0.15) is 26.4 Å². The van der Waals surface area contributed by atoms with Gasteiger partial charge in [-0.3, -0.25) is 14.6 Å². The molecule has 3 aromatic rings. The molecule has 1 N–H and O–H groups in total. The van der Waals surface area contributed by atoms with Gasteiger partial charge in [-0.15, -0.1) is 0 Å². The number of amides is 2. The number of hydrogen-bond acceptors (Lipinski definition) is 3. The van der Waals surface area contributed by atoms with Gasteiger partial charge in [0, 0.05) is 36.1 Å². The van der Waals surface area contributed by atoms with E-state index >= 15 is 0 Å². The maximum Gasteiger partial charge on any atom is 0.270 e. The van der Waals surface area contributed by atoms with Crippen molar-refractivity contribution in [1.29, 1.82) is 0 Å². The second-order valence-corrected chi connectivity index (χ2v) is 6.38. The highest BCUT2D eigenvalue weighted by atomic mass is 35.5. The zero-order valence-corrected chi connectivity index (χ0v) is 15.5. The lowest BCUT2D eigenvalue weighted by atomic mass is 10.1. The van der Waals surface area contributed by atoms with Crippen molar-refractivity contribution >= 4 is 29.1 Å². The Labute approximate surface area is 162 Å². The molecule has 1 aromatic heterocycles. The molecule has 0 saturated heterocycles. The molecule has 0 saturated carbocycles. The Balaban J connectivity index is 1.70. The molecule has 0 aliphatic carbocycles. The average molecular weight is 380 g/mol. The Kier molecular flexibility index (Phi) is 5.84. The Morgan fingerprint density at radius 3 is 2.44 bits per heavy atom. The lowest BCUT2D eigenvalue weighted by Crippen LogP contribution is -2.28. The molecule has 0 aliphatic heterocycles. The van der Waals surface area contributed by atoms with Gasteiger partial charge < -0.3 is 10.2 Å². The van der Waals surface area contributed by atoms with Crippen LogP contribution >= 0.6 is 11.6 Å². The summed E-state index contributed by atoms with van der Waals surface area (Å²) in [6, 6.07) is 19.6. The molecule has 1 heterocycles. The minimum Gasteiger partial charge on any atom is -0.347 e. The smallest absolute Gasteiger partial charge is 0.270 e. The highest BCUT2D eigenvalue weighted by molar-refractivity contribution is 6.30. The fourth-order valence-electron chi connectivity index (χ4n) is 2.53. The Morgan fingerprint density at radius 2 is 1.74 bits per heavy atom. The van der Waals surface area contributed by atoms with Crippen molar-refractivity contribution in [1.82, 2.24) is 10.3 Å². The Hall–Kier alpha value is -3.18. The first-order valence-corrected chi connectivity index (χ1v) is 8.74. The first-order valence-electron chi connectivity index (χ1n) is 8.36. The fourth-order valence-corrected chi connectivity index (χ4v) is 2.65. The fraction of sp³-hybridized carbons (Fsp3) is 0.0952. The van der Waals surface area contributed by atoms with Gasteiger partial charge in [-0.05, 0) is 42.0 Å². The van der Waals surface area contributed by atoms with Crippen LogP contribution in [-0.4, -0.2) is 23.8 Å². The standard InChI is InChI=1S/C21H18ClN3O2/c1-25(18-5-3-2-4-6-18)21(27)16-11-12-23-19(13-16)20(26)24-14-15-7-9-17(22)10-8-15/h2-13H,14H2,1H3,(H,24,26). The summed E-state index contributed by atoms with van der Waals surface area (Å²) in [6.45, 7) is 0.347. The van der Waals surface area contributed by atoms with Crippen LogP contribution in [0.4, 0.5) is 5.69 Å². The Bertz CT molecular complexity index is 943. The lowest BCUT2D eigenvalue weighted by molar-refractivity contribution is 0.0946. The van der Waals surface area contributed by atoms with Crippen LogP contribution < -0.4 is 10.2 Å². The maximum absolute atomic E-state index is 12.7. The molecule has 0 atom stereocenters. The van der Waals surface area contributed by atoms with Gasteiger partial charge in [0.05, 0.1) is 0 Å². The number of para-hydroxylation sites is 1. The van der Waals surface area contributed by atoms with E-state index in [2.05, 4.69) is 10.3 Å². The molecule has 2 aromatic carbocycles. The minimum absolute atomic E-state index is 0.191. The molecule has 0 spiro atoms. The van der Waals surface area contributed by atoms with E-state index in [9.17, 15) is 9.59 Å². The normalized spacial score (nSPS) is 10.3. The van der Waals surface area contributed by atoms with E-state index in [1.165, 1.54) is 17.2 Å². The molecule has 0 fully saturated rings. The third kappa shape index (κ3) is 4.71. The van der Waals surface area contributed by atoms with Crippen molar-refractivity contribution in [3.63, 3.8) is 0 Å². The molecule has 0 unspecified atom stereocenters. The van der Waals surface area contributed by atoms with Crippen molar-refractivity contribution in [2.45, 2.75) is 6.54 Å². The molecule has 2 amide bonds. The van der Waals surface area contributed by atoms with Gasteiger partial charge in [0.15, 0.2) is 0 Å². The highest BCUT2D eigenvalue weighted by Crippen LogP contribution is 2.15. The van der Waals surface area contributed by atoms with Crippen LogP contribution in [0.2, 0.25) is 5.02 Å². The summed E-state index contributed by atoms with van der Waals surface area (Å²) in [5, 5.41) is 3.43. The predicted molar refractivity (Wildman–Crippen MR) is 106 cm³/mol. The quantitative estimate of drug-likeness (QED) is 0.730. The number of rotatable bonds is 5. The van der Waals surface area contributed by atoms with Crippen molar-refractivity contribution in [3.8, 4) is 0 Å². The first kappa shape index (κ1) is 18.6. The van der Waals surface area contributed by atoms with Crippen LogP contribution in [0.15, 0.2) is 72.9 Å². The van der Waals surface area contributed by atoms with E-state index in [-0.39, 0.29) is 17.5 Å². The van der Waals surface area contributed by atoms with Gasteiger partial charge in [-0.1, -0.05) is 41.9 Å². The summed E-state index contributed by atoms with van der Waals surface area (Å²) in [5.74, 6) is -0.558. The van der Waals surface area contributed by atoms with Crippen molar-refractivity contribution in [3.05, 3.63) is 94.8 Å². The topological polar surface area (TPSA) is 62.3 Å². The first-order chi connectivity index (χ1) is 13.0. The van der Waals surface area contributed by atoms with E-state index < -0.39 is 0 Å². The summed E-state index contributed by atoms with van der Waals surface area (Å²) in [4.78, 5) is 30.7. The molecule has 0 radical (unpaired) electrons. The molecule has 27 heavy (non-hydrogen) atoms. The number of carbonyl (C=O) groups is 2. The van der Waals surface area contributed by atoms with Crippen molar-refractivity contribution in [2.75, 3.05) is 11.9 Å². The molecule has 5 nitrogen and oxygen atoms in total. The van der Waals surface area contributed by atoms with Crippen LogP contribution in [-0.2, 0) is 6.54 Å². The summed E-state index contributed by atoms with van der Waals surface area (Å²) in [5.41, 5.74) is 2.28. The minimum atomic E-state index is -0.345. The molecular formula is C21H18ClN3O2. The predicted octanol–water partition coefficient (Wildman–Crippen LogP) is 3.94. The molecular weight excluding hydrogens is 362 g/mol. The van der Waals surface area contributed by atoms with E-state index in [0.717, 1.165) is 11.3 Å². The number of nitrogens with one attached hydrogen (secondary N) is 1. The SMILES string of the molecule is CN(C(=O)c1ccnc(C(=O)NCc2ccc(Cl)cc2)c1)c1ccccc1. The van der Waals surface area contributed by atoms with Gasteiger partial charge in [-0.25, -0.2) is 0 Å². The summed E-state index contributed by atoms with van der Waals surface area (Å²) in [7, 11) is 1.69. The average Bonchev–Trinajstić information content (AvgIpc) is 2.72. The number of carbonyl (C=O) groups excluding carboxylic acids is 2. The number of hydrogen-bond donors (Lipinski definition) is 1. The van der Waals surface area contributed by atoms with Crippen LogP contribution in [0.5, 0.6) is 0 Å². The second kappa shape index (κ2) is 8.47. The zero-order chi connectivity index (χ0) is 19.2. The van der Waals surface area contributed by atoms with E-state index in [1.807, 2.05) is 42.5 Å². The number of nitrogens with zero attached hydrogens (tertiary/aromatic N) is 2. The van der Waals surface area contributed by atoms with Crippen molar-refractivity contribution < 1.29 is 9.59 Å². The van der Waals surface area contributed by atoms with Gasteiger partial charge in [-0.2, -0.15) is 0 Å². The molecule has 0 bridgehead atoms. The third-order valence-electron chi connectivity index (χ3n) is 4.05. The van der Waals surface area contributed by atoms with E-state index in [1.54, 1.807) is 25.2 Å². The van der Waals surface area contributed by atoms with Crippen molar-refractivity contribution in [2.24, 2.45) is 0 Å². The lowest BCUT2D eigenvalue weighted by Gasteiger charge is -2.17. The Morgan fingerprint density at radius 1 is 1.04 bits per heavy atom. The van der Waals surface area contributed by atoms with Gasteiger partial charge in [0.2, 0.25) is 0 Å². The van der Waals surface area contributed by atoms with E-state index in [0.29, 0.717) is 17.1 Å². The number of pyridine rings is 1. The zero-order valence-electron chi connectivity index (χ0n) is 14.7. The highest BCUT2D eigenvalue weighted by Gasteiger charge is 2.16. The maximum atomic E-state index is 12.7. The number of aromatic nitrogens is 1.